The van der Waals surface area contributed by atoms with E-state index in [0.29, 0.717) is 16.6 Å². The van der Waals surface area contributed by atoms with E-state index in [9.17, 15) is 5.26 Å². The first-order valence-corrected chi connectivity index (χ1v) is 7.67. The van der Waals surface area contributed by atoms with Crippen LogP contribution in [0.2, 0.25) is 0 Å². The number of fused-ring (bicyclic) bond motifs is 2. The molecule has 7 nitrogen and oxygen atoms in total. The molecule has 0 spiro atoms. The summed E-state index contributed by atoms with van der Waals surface area (Å²) in [6, 6.07) is 8.09. The van der Waals surface area contributed by atoms with Gasteiger partial charge in [-0.05, 0) is 21.9 Å². The van der Waals surface area contributed by atoms with Crippen molar-refractivity contribution in [3.8, 4) is 6.07 Å². The number of aromatic nitrogens is 4. The van der Waals surface area contributed by atoms with Gasteiger partial charge in [-0.15, -0.1) is 0 Å². The van der Waals surface area contributed by atoms with Crippen molar-refractivity contribution in [1.82, 2.24) is 20.5 Å². The largest absolute Gasteiger partial charge is 0.342 e. The van der Waals surface area contributed by atoms with Crippen molar-refractivity contribution in [2.24, 2.45) is 5.41 Å². The molecule has 4 rings (SSSR count). The smallest absolute Gasteiger partial charge is 0.139 e. The van der Waals surface area contributed by atoms with Gasteiger partial charge in [-0.3, -0.25) is 5.10 Å². The van der Waals surface area contributed by atoms with E-state index in [1.54, 1.807) is 6.20 Å². The maximum atomic E-state index is 9.90. The minimum atomic E-state index is -0.269. The van der Waals surface area contributed by atoms with E-state index < -0.39 is 0 Å². The number of hydrogen-bond acceptors (Lipinski definition) is 6. The lowest BCUT2D eigenvalue weighted by molar-refractivity contribution is 0.315. The summed E-state index contributed by atoms with van der Waals surface area (Å²) < 4.78 is 4.89. The van der Waals surface area contributed by atoms with Crippen LogP contribution in [0.15, 0.2) is 40.3 Å². The molecule has 0 radical (unpaired) electrons. The van der Waals surface area contributed by atoms with Crippen LogP contribution >= 0.6 is 0 Å². The first-order chi connectivity index (χ1) is 11.5. The normalized spacial score (nSPS) is 17.5. The number of nitriles is 1. The predicted molar refractivity (Wildman–Crippen MR) is 88.0 cm³/mol. The summed E-state index contributed by atoms with van der Waals surface area (Å²) >= 11 is 0. The van der Waals surface area contributed by atoms with Gasteiger partial charge in [-0.1, -0.05) is 32.9 Å². The number of allylic oxidation sites excluding steroid dienone is 2. The zero-order chi connectivity index (χ0) is 16.9. The van der Waals surface area contributed by atoms with Crippen LogP contribution in [0.5, 0.6) is 0 Å². The van der Waals surface area contributed by atoms with Crippen LogP contribution in [-0.2, 0) is 0 Å². The molecule has 2 aromatic heterocycles. The minimum absolute atomic E-state index is 0.220. The van der Waals surface area contributed by atoms with Crippen LogP contribution in [0.4, 0.5) is 5.82 Å². The van der Waals surface area contributed by atoms with Crippen molar-refractivity contribution in [3.05, 3.63) is 46.8 Å². The number of anilines is 1. The Hall–Kier alpha value is -3.14. The van der Waals surface area contributed by atoms with E-state index in [1.165, 1.54) is 0 Å². The number of hydrogen-bond donors (Lipinski definition) is 2. The van der Waals surface area contributed by atoms with Crippen molar-refractivity contribution in [1.29, 1.82) is 5.26 Å². The van der Waals surface area contributed by atoms with Crippen molar-refractivity contribution in [2.45, 2.75) is 26.7 Å². The van der Waals surface area contributed by atoms with Crippen LogP contribution in [-0.4, -0.2) is 20.5 Å². The Morgan fingerprint density at radius 2 is 2.04 bits per heavy atom. The molecule has 0 bridgehead atoms. The quantitative estimate of drug-likeness (QED) is 0.713. The molecule has 0 saturated heterocycles. The molecular weight excluding hydrogens is 304 g/mol. The average Bonchev–Trinajstić information content (AvgIpc) is 3.20. The molecule has 0 aliphatic carbocycles. The maximum Gasteiger partial charge on any atom is 0.139 e. The first-order valence-electron chi connectivity index (χ1n) is 7.67. The summed E-state index contributed by atoms with van der Waals surface area (Å²) in [5.41, 5.74) is 4.45. The van der Waals surface area contributed by atoms with Crippen molar-refractivity contribution >= 4 is 16.9 Å². The Balaban J connectivity index is 2.03. The number of aromatic amines is 1. The molecule has 0 amide bonds. The number of benzene rings is 1. The molecule has 24 heavy (non-hydrogen) atoms. The average molecular weight is 320 g/mol. The second-order valence-electron chi connectivity index (χ2n) is 6.89. The molecule has 2 N–H and O–H groups in total. The lowest BCUT2D eigenvalue weighted by Gasteiger charge is -2.33. The third-order valence-electron chi connectivity index (χ3n) is 4.29. The first kappa shape index (κ1) is 14.5. The van der Waals surface area contributed by atoms with E-state index in [2.05, 4.69) is 52.7 Å². The number of rotatable bonds is 1. The Bertz CT molecular complexity index is 998. The van der Waals surface area contributed by atoms with Gasteiger partial charge < -0.3 is 5.32 Å². The Labute approximate surface area is 138 Å². The summed E-state index contributed by atoms with van der Waals surface area (Å²) in [7, 11) is 0. The van der Waals surface area contributed by atoms with Crippen LogP contribution in [0, 0.1) is 16.7 Å². The highest BCUT2D eigenvalue weighted by Gasteiger charge is 2.36. The van der Waals surface area contributed by atoms with Gasteiger partial charge in [0.25, 0.3) is 0 Å². The van der Waals surface area contributed by atoms with Gasteiger partial charge in [0, 0.05) is 16.7 Å². The summed E-state index contributed by atoms with van der Waals surface area (Å²) in [6.45, 7) is 6.22. The third-order valence-corrected chi connectivity index (χ3v) is 4.29. The molecule has 1 unspecified atom stereocenters. The molecule has 3 aromatic rings. The molecule has 120 valence electrons. The molecule has 7 heteroatoms. The second-order valence-corrected chi connectivity index (χ2v) is 6.89. The highest BCUT2D eigenvalue weighted by Crippen LogP contribution is 2.45. The van der Waals surface area contributed by atoms with Gasteiger partial charge in [-0.25, -0.2) is 4.63 Å². The van der Waals surface area contributed by atoms with Crippen LogP contribution in [0.1, 0.15) is 37.8 Å². The second kappa shape index (κ2) is 4.93. The van der Waals surface area contributed by atoms with E-state index in [-0.39, 0.29) is 11.3 Å². The molecular formula is C17H16N6O. The number of H-pyrrole nitrogens is 1. The zero-order valence-corrected chi connectivity index (χ0v) is 13.6. The fourth-order valence-electron chi connectivity index (χ4n) is 3.20. The van der Waals surface area contributed by atoms with E-state index in [1.807, 2.05) is 18.2 Å². The van der Waals surface area contributed by atoms with Crippen LogP contribution < -0.4 is 5.32 Å². The van der Waals surface area contributed by atoms with Crippen molar-refractivity contribution in [3.63, 3.8) is 0 Å². The SMILES string of the molecule is CC(C)(C)C1=C(C#N)C(c2cccc3nonc23)c2cn[nH]c2N1. The monoisotopic (exact) mass is 320 g/mol. The topological polar surface area (TPSA) is 103 Å². The molecule has 0 saturated carbocycles. The maximum absolute atomic E-state index is 9.90. The fourth-order valence-corrected chi connectivity index (χ4v) is 3.20. The fraction of sp³-hybridized carbons (Fsp3) is 0.294. The summed E-state index contributed by atoms with van der Waals surface area (Å²) in [4.78, 5) is 0. The highest BCUT2D eigenvalue weighted by molar-refractivity contribution is 5.81. The lowest BCUT2D eigenvalue weighted by Crippen LogP contribution is -2.26. The van der Waals surface area contributed by atoms with Gasteiger partial charge in [0.15, 0.2) is 0 Å². The zero-order valence-electron chi connectivity index (χ0n) is 13.6. The molecule has 1 aromatic carbocycles. The van der Waals surface area contributed by atoms with Crippen molar-refractivity contribution < 1.29 is 4.63 Å². The van der Waals surface area contributed by atoms with Crippen LogP contribution in [0.3, 0.4) is 0 Å². The Kier molecular flexibility index (Phi) is 2.97. The van der Waals surface area contributed by atoms with Crippen molar-refractivity contribution in [2.75, 3.05) is 5.32 Å². The summed E-state index contributed by atoms with van der Waals surface area (Å²) in [5.74, 6) is 0.534. The number of nitrogens with zero attached hydrogens (tertiary/aromatic N) is 4. The van der Waals surface area contributed by atoms with Gasteiger partial charge >= 0.3 is 0 Å². The summed E-state index contributed by atoms with van der Waals surface area (Å²) in [6.07, 6.45) is 1.75. The number of nitrogens with one attached hydrogen (secondary N) is 2. The minimum Gasteiger partial charge on any atom is -0.342 e. The van der Waals surface area contributed by atoms with Gasteiger partial charge in [-0.2, -0.15) is 10.4 Å². The van der Waals surface area contributed by atoms with Gasteiger partial charge in [0.05, 0.1) is 23.8 Å². The Morgan fingerprint density at radius 1 is 1.21 bits per heavy atom. The molecule has 0 fully saturated rings. The molecule has 1 aliphatic rings. The van der Waals surface area contributed by atoms with E-state index in [0.717, 1.165) is 22.6 Å². The Morgan fingerprint density at radius 3 is 2.79 bits per heavy atom. The molecule has 1 aliphatic heterocycles. The van der Waals surface area contributed by atoms with E-state index >= 15 is 0 Å². The van der Waals surface area contributed by atoms with Crippen LogP contribution in [0.25, 0.3) is 11.0 Å². The standard InChI is InChI=1S/C17H16N6O/c1-17(2,3)15-10(7-18)13(11-8-19-21-16(11)20-15)9-5-4-6-12-14(9)23-24-22-12/h4-6,8,13H,1-3H3,(H2,19,20,21). The van der Waals surface area contributed by atoms with Gasteiger partial charge in [0.2, 0.25) is 0 Å². The highest BCUT2D eigenvalue weighted by atomic mass is 16.6. The predicted octanol–water partition coefficient (Wildman–Crippen LogP) is 3.33. The summed E-state index contributed by atoms with van der Waals surface area (Å²) in [5, 5.41) is 28.3. The third kappa shape index (κ3) is 2.00. The van der Waals surface area contributed by atoms with E-state index in [4.69, 9.17) is 4.63 Å². The molecule has 3 heterocycles. The van der Waals surface area contributed by atoms with Gasteiger partial charge in [0.1, 0.15) is 16.9 Å². The molecule has 1 atom stereocenters. The lowest BCUT2D eigenvalue weighted by atomic mass is 9.77.